The molecule has 0 unspecified atom stereocenters. The highest BCUT2D eigenvalue weighted by Gasteiger charge is 2.19. The number of unbranched alkanes of at least 4 members (excludes halogenated alkanes) is 4. The van der Waals surface area contributed by atoms with Crippen molar-refractivity contribution in [1.82, 2.24) is 19.5 Å². The maximum absolute atomic E-state index is 12.3. The Kier molecular flexibility index (Phi) is 5.58. The molecular weight excluding hydrogens is 342 g/mol. The largest absolute Gasteiger partial charge is 0.377 e. The molecule has 0 saturated carbocycles. The van der Waals surface area contributed by atoms with Gasteiger partial charge in [-0.25, -0.2) is 9.78 Å². The molecule has 144 valence electrons. The number of aromatic nitrogens is 4. The average Bonchev–Trinajstić information content (AvgIpc) is 2.60. The van der Waals surface area contributed by atoms with Crippen molar-refractivity contribution in [3.8, 4) is 11.5 Å². The molecule has 1 aromatic carbocycles. The monoisotopic (exact) mass is 369 g/mol. The normalized spacial score (nSPS) is 11.4. The van der Waals surface area contributed by atoms with E-state index in [0.29, 0.717) is 12.4 Å². The third kappa shape index (κ3) is 3.86. The quantitative estimate of drug-likeness (QED) is 0.511. The SMILES string of the molecule is CCCCCCCn1c2nc(=O)[nH]c(=O)c-2nc2cc(C)c(N(C)C)cc21. The second kappa shape index (κ2) is 7.90. The topological polar surface area (TPSA) is 83.9 Å². The summed E-state index contributed by atoms with van der Waals surface area (Å²) in [5.74, 6) is 0.361. The molecular formula is C20H27N5O2. The lowest BCUT2D eigenvalue weighted by Gasteiger charge is -2.21. The minimum Gasteiger partial charge on any atom is -0.377 e. The fourth-order valence-electron chi connectivity index (χ4n) is 3.52. The average molecular weight is 369 g/mol. The van der Waals surface area contributed by atoms with E-state index in [1.54, 1.807) is 0 Å². The Hall–Kier alpha value is -2.70. The summed E-state index contributed by atoms with van der Waals surface area (Å²) in [4.78, 5) is 37.0. The van der Waals surface area contributed by atoms with Crippen molar-refractivity contribution in [3.05, 3.63) is 38.5 Å². The number of anilines is 1. The number of nitrogens with zero attached hydrogens (tertiary/aromatic N) is 4. The van der Waals surface area contributed by atoms with Gasteiger partial charge in [0.1, 0.15) is 0 Å². The number of hydrogen-bond acceptors (Lipinski definition) is 5. The van der Waals surface area contributed by atoms with Crippen LogP contribution in [0.15, 0.2) is 21.7 Å². The molecule has 3 rings (SSSR count). The number of benzene rings is 1. The van der Waals surface area contributed by atoms with Crippen molar-refractivity contribution in [2.45, 2.75) is 52.5 Å². The zero-order valence-corrected chi connectivity index (χ0v) is 16.5. The first-order chi connectivity index (χ1) is 12.9. The molecule has 7 heteroatoms. The zero-order chi connectivity index (χ0) is 19.6. The molecule has 2 heterocycles. The lowest BCUT2D eigenvalue weighted by Crippen LogP contribution is -2.29. The predicted octanol–water partition coefficient (Wildman–Crippen LogP) is 2.93. The van der Waals surface area contributed by atoms with E-state index in [1.807, 2.05) is 31.7 Å². The van der Waals surface area contributed by atoms with E-state index in [2.05, 4.69) is 32.8 Å². The summed E-state index contributed by atoms with van der Waals surface area (Å²) in [7, 11) is 3.99. The summed E-state index contributed by atoms with van der Waals surface area (Å²) in [6.45, 7) is 4.92. The Morgan fingerprint density at radius 3 is 2.52 bits per heavy atom. The summed E-state index contributed by atoms with van der Waals surface area (Å²) >= 11 is 0. The molecule has 0 spiro atoms. The Bertz CT molecular complexity index is 1030. The minimum absolute atomic E-state index is 0.215. The van der Waals surface area contributed by atoms with Crippen LogP contribution in [0.25, 0.3) is 22.6 Å². The lowest BCUT2D eigenvalue weighted by atomic mass is 10.1. The van der Waals surface area contributed by atoms with Gasteiger partial charge in [0.2, 0.25) is 0 Å². The third-order valence-electron chi connectivity index (χ3n) is 4.89. The third-order valence-corrected chi connectivity index (χ3v) is 4.89. The van der Waals surface area contributed by atoms with Crippen molar-refractivity contribution in [2.24, 2.45) is 0 Å². The molecule has 0 aliphatic carbocycles. The lowest BCUT2D eigenvalue weighted by molar-refractivity contribution is 0.573. The number of aromatic amines is 1. The molecule has 7 nitrogen and oxygen atoms in total. The van der Waals surface area contributed by atoms with Gasteiger partial charge in [-0.15, -0.1) is 0 Å². The van der Waals surface area contributed by atoms with Crippen molar-refractivity contribution in [1.29, 1.82) is 0 Å². The summed E-state index contributed by atoms with van der Waals surface area (Å²) in [5, 5.41) is 0. The first-order valence-corrected chi connectivity index (χ1v) is 9.55. The van der Waals surface area contributed by atoms with Crippen molar-refractivity contribution < 1.29 is 0 Å². The van der Waals surface area contributed by atoms with Gasteiger partial charge >= 0.3 is 5.69 Å². The van der Waals surface area contributed by atoms with Crippen LogP contribution in [-0.4, -0.2) is 33.6 Å². The number of rotatable bonds is 7. The van der Waals surface area contributed by atoms with E-state index in [0.717, 1.165) is 35.1 Å². The predicted molar refractivity (Wildman–Crippen MR) is 109 cm³/mol. The summed E-state index contributed by atoms with van der Waals surface area (Å²) in [6, 6.07) is 4.05. The van der Waals surface area contributed by atoms with E-state index in [1.165, 1.54) is 19.3 Å². The van der Waals surface area contributed by atoms with Crippen LogP contribution >= 0.6 is 0 Å². The van der Waals surface area contributed by atoms with Crippen LogP contribution in [0.5, 0.6) is 0 Å². The Morgan fingerprint density at radius 2 is 1.81 bits per heavy atom. The summed E-state index contributed by atoms with van der Waals surface area (Å²) < 4.78 is 1.98. The van der Waals surface area contributed by atoms with Gasteiger partial charge in [-0.1, -0.05) is 32.6 Å². The first kappa shape index (κ1) is 19.1. The Balaban J connectivity index is 2.20. The fraction of sp³-hybridized carbons (Fsp3) is 0.500. The molecule has 0 aromatic heterocycles. The van der Waals surface area contributed by atoms with E-state index in [-0.39, 0.29) is 5.69 Å². The number of H-pyrrole nitrogens is 1. The highest BCUT2D eigenvalue weighted by Crippen LogP contribution is 2.28. The van der Waals surface area contributed by atoms with E-state index in [9.17, 15) is 9.59 Å². The van der Waals surface area contributed by atoms with Gasteiger partial charge in [0.15, 0.2) is 11.5 Å². The van der Waals surface area contributed by atoms with Crippen molar-refractivity contribution in [3.63, 3.8) is 0 Å². The molecule has 2 aliphatic heterocycles. The molecule has 0 amide bonds. The highest BCUT2D eigenvalue weighted by atomic mass is 16.2. The van der Waals surface area contributed by atoms with Gasteiger partial charge in [-0.05, 0) is 31.0 Å². The first-order valence-electron chi connectivity index (χ1n) is 9.55. The molecule has 0 bridgehead atoms. The number of aryl methyl sites for hydroxylation is 2. The van der Waals surface area contributed by atoms with Crippen LogP contribution in [0.4, 0.5) is 5.69 Å². The van der Waals surface area contributed by atoms with Crippen LogP contribution in [0.1, 0.15) is 44.6 Å². The maximum atomic E-state index is 12.3. The fourth-order valence-corrected chi connectivity index (χ4v) is 3.52. The van der Waals surface area contributed by atoms with Crippen LogP contribution < -0.4 is 16.1 Å². The van der Waals surface area contributed by atoms with Crippen molar-refractivity contribution >= 4 is 16.7 Å². The smallest absolute Gasteiger partial charge is 0.349 e. The molecule has 27 heavy (non-hydrogen) atoms. The van der Waals surface area contributed by atoms with Crippen LogP contribution in [0.3, 0.4) is 0 Å². The van der Waals surface area contributed by atoms with Gasteiger partial charge in [-0.2, -0.15) is 4.98 Å². The molecule has 0 fully saturated rings. The van der Waals surface area contributed by atoms with E-state index >= 15 is 0 Å². The maximum Gasteiger partial charge on any atom is 0.349 e. The van der Waals surface area contributed by atoms with Gasteiger partial charge in [-0.3, -0.25) is 9.78 Å². The highest BCUT2D eigenvalue weighted by molar-refractivity contribution is 5.84. The minimum atomic E-state index is -0.631. The van der Waals surface area contributed by atoms with E-state index in [4.69, 9.17) is 0 Å². The zero-order valence-electron chi connectivity index (χ0n) is 16.5. The summed E-state index contributed by atoms with van der Waals surface area (Å²) in [5.41, 5.74) is 2.89. The number of fused-ring (bicyclic) bond motifs is 2. The van der Waals surface area contributed by atoms with Gasteiger partial charge in [0, 0.05) is 26.3 Å². The van der Waals surface area contributed by atoms with Crippen LogP contribution in [0.2, 0.25) is 0 Å². The second-order valence-corrected chi connectivity index (χ2v) is 7.24. The summed E-state index contributed by atoms with van der Waals surface area (Å²) in [6.07, 6.45) is 5.66. The van der Waals surface area contributed by atoms with Crippen molar-refractivity contribution in [2.75, 3.05) is 19.0 Å². The van der Waals surface area contributed by atoms with Gasteiger partial charge in [0.25, 0.3) is 5.56 Å². The molecule has 1 N–H and O–H groups in total. The molecule has 1 aromatic rings. The number of nitrogens with one attached hydrogen (secondary N) is 1. The second-order valence-electron chi connectivity index (χ2n) is 7.24. The molecule has 0 saturated heterocycles. The number of hydrogen-bond donors (Lipinski definition) is 1. The van der Waals surface area contributed by atoms with Crippen LogP contribution in [0, 0.1) is 6.92 Å². The Morgan fingerprint density at radius 1 is 1.07 bits per heavy atom. The molecule has 2 aliphatic rings. The van der Waals surface area contributed by atoms with E-state index < -0.39 is 11.2 Å². The van der Waals surface area contributed by atoms with Gasteiger partial charge < -0.3 is 9.47 Å². The molecule has 0 atom stereocenters. The molecule has 0 radical (unpaired) electrons. The van der Waals surface area contributed by atoms with Crippen LogP contribution in [-0.2, 0) is 6.54 Å². The van der Waals surface area contributed by atoms with Gasteiger partial charge in [0.05, 0.1) is 11.0 Å². The Labute approximate surface area is 158 Å². The standard InChI is InChI=1S/C20H27N5O2/c1-5-6-7-8-9-10-25-16-12-15(24(3)4)13(2)11-14(16)21-17-18(25)22-20(27)23-19(17)26/h11-12H,5-10H2,1-4H3,(H,23,26,27).